The van der Waals surface area contributed by atoms with Crippen LogP contribution in [0.5, 0.6) is 0 Å². The molecule has 4 aromatic heterocycles. The Morgan fingerprint density at radius 1 is 0.200 bits per heavy atom. The van der Waals surface area contributed by atoms with E-state index in [2.05, 4.69) is 305 Å². The van der Waals surface area contributed by atoms with E-state index in [9.17, 15) is 0 Å². The van der Waals surface area contributed by atoms with E-state index in [1.54, 1.807) is 12.4 Å². The summed E-state index contributed by atoms with van der Waals surface area (Å²) in [4.78, 5) is 38.4. The monoisotopic (exact) mass is 1410 g/mol. The van der Waals surface area contributed by atoms with Crippen molar-refractivity contribution < 1.29 is 0 Å². The van der Waals surface area contributed by atoms with Crippen molar-refractivity contribution in [2.24, 2.45) is 0 Å². The second kappa shape index (κ2) is 27.7. The maximum absolute atomic E-state index is 5.01. The number of hydrogen-bond acceptors (Lipinski definition) is 8. The third-order valence-electron chi connectivity index (χ3n) is 22.1. The number of hydrogen-bond donors (Lipinski definition) is 0. The van der Waals surface area contributed by atoms with Crippen LogP contribution in [0, 0.1) is 0 Å². The van der Waals surface area contributed by atoms with E-state index in [0.717, 1.165) is 77.9 Å². The third kappa shape index (κ3) is 12.2. The topological polar surface area (TPSA) is 103 Å². The second-order valence-electron chi connectivity index (χ2n) is 29.4. The molecule has 0 saturated heterocycles. The van der Waals surface area contributed by atoms with Gasteiger partial charge in [-0.1, -0.05) is 343 Å². The maximum Gasteiger partial charge on any atom is 0.164 e. The van der Waals surface area contributed by atoms with Gasteiger partial charge in [-0.3, -0.25) is 9.97 Å². The number of nitrogens with zero attached hydrogens (tertiary/aromatic N) is 8. The Kier molecular flexibility index (Phi) is 16.8. The fourth-order valence-electron chi connectivity index (χ4n) is 16.4. The van der Waals surface area contributed by atoms with Gasteiger partial charge in [-0.05, 0) is 157 Å². The highest BCUT2D eigenvalue weighted by Gasteiger charge is 2.40. The molecule has 18 aromatic rings. The second-order valence-corrected chi connectivity index (χ2v) is 29.4. The molecule has 0 N–H and O–H groups in total. The molecule has 110 heavy (non-hydrogen) atoms. The summed E-state index contributed by atoms with van der Waals surface area (Å²) < 4.78 is 0. The van der Waals surface area contributed by atoms with E-state index < -0.39 is 0 Å². The van der Waals surface area contributed by atoms with E-state index in [1.807, 2.05) is 85.2 Å². The zero-order valence-electron chi connectivity index (χ0n) is 61.2. The molecule has 0 amide bonds. The standard InChI is InChI=1S/2C51H36N4/c1-51(2)45-19-9-18-42(46(45)44-29-28-35-11-6-7-17-43(35)47(44)51)40-15-8-14-39(31-40)33-20-24-37(25-21-33)49-53-48(36-12-4-3-5-13-36)54-50(55-49)38-26-22-34(23-27-38)41-16-10-30-52-32-41;1-51(2)44-19-9-18-43(47(44)46-42-17-7-6-11-35(42)28-29-45(46)51)40-15-8-14-39(31-40)33-20-24-37(25-21-33)49-53-48(36-12-4-3-5-13-36)54-50(55-49)38-26-22-34(23-27-38)41-16-10-30-52-32-41/h2*3-32H,1-2H3. The zero-order chi connectivity index (χ0) is 73.9. The van der Waals surface area contributed by atoms with Crippen molar-refractivity contribution in [2.75, 3.05) is 0 Å². The average molecular weight is 1410 g/mol. The van der Waals surface area contributed by atoms with Gasteiger partial charge >= 0.3 is 0 Å². The molecule has 14 aromatic carbocycles. The molecule has 0 aliphatic heterocycles. The van der Waals surface area contributed by atoms with Gasteiger partial charge < -0.3 is 0 Å². The minimum Gasteiger partial charge on any atom is -0.264 e. The van der Waals surface area contributed by atoms with Crippen LogP contribution in [0.25, 0.3) is 179 Å². The van der Waals surface area contributed by atoms with E-state index in [1.165, 1.54) is 88.3 Å². The average Bonchev–Trinajstić information content (AvgIpc) is 1.55. The van der Waals surface area contributed by atoms with Gasteiger partial charge in [0.25, 0.3) is 0 Å². The zero-order valence-corrected chi connectivity index (χ0v) is 61.2. The first-order valence-electron chi connectivity index (χ1n) is 37.4. The fourth-order valence-corrected chi connectivity index (χ4v) is 16.4. The highest BCUT2D eigenvalue weighted by Crippen LogP contribution is 2.56. The first-order valence-corrected chi connectivity index (χ1v) is 37.4. The lowest BCUT2D eigenvalue weighted by Gasteiger charge is -2.23. The van der Waals surface area contributed by atoms with Gasteiger partial charge in [0.05, 0.1) is 0 Å². The van der Waals surface area contributed by atoms with Gasteiger partial charge in [0, 0.05) is 69.0 Å². The van der Waals surface area contributed by atoms with Crippen molar-refractivity contribution >= 4 is 21.5 Å². The lowest BCUT2D eigenvalue weighted by atomic mass is 9.80. The van der Waals surface area contributed by atoms with Crippen LogP contribution in [0.15, 0.2) is 365 Å². The van der Waals surface area contributed by atoms with Gasteiger partial charge in [-0.15, -0.1) is 0 Å². The fraction of sp³-hybridized carbons (Fsp3) is 0.0588. The van der Waals surface area contributed by atoms with Crippen LogP contribution >= 0.6 is 0 Å². The molecule has 0 spiro atoms. The Bertz CT molecular complexity index is 6520. The van der Waals surface area contributed by atoms with Crippen molar-refractivity contribution in [3.8, 4) is 157 Å². The Labute approximate surface area is 640 Å². The summed E-state index contributed by atoms with van der Waals surface area (Å²) in [7, 11) is 0. The summed E-state index contributed by atoms with van der Waals surface area (Å²) in [5.41, 5.74) is 30.2. The summed E-state index contributed by atoms with van der Waals surface area (Å²) in [6.45, 7) is 9.44. The molecule has 520 valence electrons. The van der Waals surface area contributed by atoms with E-state index >= 15 is 0 Å². The Morgan fingerprint density at radius 3 is 0.973 bits per heavy atom. The third-order valence-corrected chi connectivity index (χ3v) is 22.1. The van der Waals surface area contributed by atoms with Gasteiger partial charge in [-0.25, -0.2) is 29.9 Å². The van der Waals surface area contributed by atoms with Crippen molar-refractivity contribution in [3.05, 3.63) is 387 Å². The van der Waals surface area contributed by atoms with Crippen LogP contribution in [-0.4, -0.2) is 39.9 Å². The number of rotatable bonds is 12. The predicted molar refractivity (Wildman–Crippen MR) is 451 cm³/mol. The van der Waals surface area contributed by atoms with Crippen LogP contribution in [0.1, 0.15) is 49.9 Å². The van der Waals surface area contributed by atoms with Gasteiger partial charge in [0.15, 0.2) is 34.9 Å². The van der Waals surface area contributed by atoms with Crippen molar-refractivity contribution in [3.63, 3.8) is 0 Å². The smallest absolute Gasteiger partial charge is 0.164 e. The Morgan fingerprint density at radius 2 is 0.527 bits per heavy atom. The number of aromatic nitrogens is 8. The quantitative estimate of drug-likeness (QED) is 0.119. The minimum atomic E-state index is -0.104. The van der Waals surface area contributed by atoms with Crippen molar-refractivity contribution in [1.82, 2.24) is 39.9 Å². The first kappa shape index (κ1) is 66.6. The van der Waals surface area contributed by atoms with Gasteiger partial charge in [0.2, 0.25) is 0 Å². The normalized spacial score (nSPS) is 12.7. The van der Waals surface area contributed by atoms with Gasteiger partial charge in [0.1, 0.15) is 0 Å². The maximum atomic E-state index is 5.01. The molecule has 8 heteroatoms. The molecule has 20 rings (SSSR count). The molecule has 0 unspecified atom stereocenters. The molecule has 4 heterocycles. The molecule has 0 atom stereocenters. The number of pyridine rings is 2. The molecule has 8 nitrogen and oxygen atoms in total. The summed E-state index contributed by atoms with van der Waals surface area (Å²) >= 11 is 0. The lowest BCUT2D eigenvalue weighted by molar-refractivity contribution is 0.661. The molecule has 0 radical (unpaired) electrons. The SMILES string of the molecule is CC1(C)c2cccc(-c3cccc(-c4ccc(-c5nc(-c6ccccc6)nc(-c6ccc(-c7cccnc7)cc6)n5)cc4)c3)c2-c2c1ccc1ccccc21.CC1(C)c2cccc(-c3cccc(-c4ccc(-c5nc(-c6ccccc6)nc(-c6ccc(-c7cccnc7)cc6)n5)cc4)c3)c2-c2ccc3ccccc3c21. The highest BCUT2D eigenvalue weighted by atomic mass is 15.0. The number of fused-ring (bicyclic) bond motifs is 10. The Balaban J connectivity index is 0.000000149. The largest absolute Gasteiger partial charge is 0.264 e. The van der Waals surface area contributed by atoms with E-state index in [0.29, 0.717) is 34.9 Å². The summed E-state index contributed by atoms with van der Waals surface area (Å²) in [6, 6.07) is 120. The van der Waals surface area contributed by atoms with Crippen molar-refractivity contribution in [2.45, 2.75) is 38.5 Å². The van der Waals surface area contributed by atoms with Crippen LogP contribution in [-0.2, 0) is 10.8 Å². The van der Waals surface area contributed by atoms with Crippen LogP contribution in [0.4, 0.5) is 0 Å². The van der Waals surface area contributed by atoms with E-state index in [4.69, 9.17) is 29.9 Å². The molecular weight excluding hydrogens is 1340 g/mol. The molecule has 0 bridgehead atoms. The van der Waals surface area contributed by atoms with Gasteiger partial charge in [-0.2, -0.15) is 0 Å². The molecule has 2 aliphatic rings. The summed E-state index contributed by atoms with van der Waals surface area (Å²) in [5.74, 6) is 3.81. The first-order chi connectivity index (χ1) is 54.0. The summed E-state index contributed by atoms with van der Waals surface area (Å²) in [6.07, 6.45) is 7.32. The van der Waals surface area contributed by atoms with Crippen molar-refractivity contribution in [1.29, 1.82) is 0 Å². The molecule has 2 aliphatic carbocycles. The van der Waals surface area contributed by atoms with Crippen LogP contribution in [0.2, 0.25) is 0 Å². The van der Waals surface area contributed by atoms with Crippen LogP contribution < -0.4 is 0 Å². The molecule has 0 fully saturated rings. The minimum absolute atomic E-state index is 0.0866. The predicted octanol–water partition coefficient (Wildman–Crippen LogP) is 25.5. The Hall–Kier alpha value is -14.1. The van der Waals surface area contributed by atoms with Crippen LogP contribution in [0.3, 0.4) is 0 Å². The molecule has 0 saturated carbocycles. The highest BCUT2D eigenvalue weighted by molar-refractivity contribution is 6.07. The lowest BCUT2D eigenvalue weighted by Crippen LogP contribution is -2.15. The van der Waals surface area contributed by atoms with E-state index in [-0.39, 0.29) is 10.8 Å². The number of benzene rings is 14. The molecular formula is C102H72N8. The summed E-state index contributed by atoms with van der Waals surface area (Å²) in [5, 5.41) is 5.20.